The summed E-state index contributed by atoms with van der Waals surface area (Å²) in [5.41, 5.74) is 5.45. The van der Waals surface area contributed by atoms with Gasteiger partial charge in [-0.05, 0) is 33.2 Å². The van der Waals surface area contributed by atoms with E-state index in [0.717, 1.165) is 6.54 Å². The number of nitrogens with two attached hydrogens (primary N) is 1. The second kappa shape index (κ2) is 4.80. The lowest BCUT2D eigenvalue weighted by Crippen LogP contribution is -2.49. The molecule has 0 aromatic rings. The van der Waals surface area contributed by atoms with Crippen LogP contribution in [0.5, 0.6) is 0 Å². The summed E-state index contributed by atoms with van der Waals surface area (Å²) in [7, 11) is 0. The van der Waals surface area contributed by atoms with E-state index >= 15 is 0 Å². The van der Waals surface area contributed by atoms with Crippen molar-refractivity contribution < 1.29 is 0 Å². The Hall–Kier alpha value is -0.120. The number of rotatable bonds is 3. The molecule has 0 aliphatic carbocycles. The average Bonchev–Trinajstić information content (AvgIpc) is 2.05. The minimum absolute atomic E-state index is 0.608. The van der Waals surface area contributed by atoms with Gasteiger partial charge in [0, 0.05) is 25.3 Å². The molecule has 1 unspecified atom stereocenters. The van der Waals surface area contributed by atoms with E-state index in [9.17, 15) is 0 Å². The number of nitrogens with one attached hydrogen (secondary N) is 1. The van der Waals surface area contributed by atoms with Gasteiger partial charge >= 0.3 is 0 Å². The van der Waals surface area contributed by atoms with Gasteiger partial charge in [0.05, 0.1) is 0 Å². The third-order valence-electron chi connectivity index (χ3n) is 2.59. The Kier molecular flexibility index (Phi) is 3.98. The van der Waals surface area contributed by atoms with Crippen LogP contribution in [-0.4, -0.2) is 36.7 Å². The van der Waals surface area contributed by atoms with Crippen LogP contribution in [-0.2, 0) is 0 Å². The smallest absolute Gasteiger partial charge is 0.0431 e. The van der Waals surface area contributed by atoms with Gasteiger partial charge < -0.3 is 11.1 Å². The Bertz CT molecular complexity index is 123. The van der Waals surface area contributed by atoms with Crippen molar-refractivity contribution in [3.8, 4) is 0 Å². The van der Waals surface area contributed by atoms with Gasteiger partial charge in [0.1, 0.15) is 0 Å². The van der Waals surface area contributed by atoms with Crippen LogP contribution in [0, 0.1) is 0 Å². The zero-order valence-electron chi connectivity index (χ0n) is 8.21. The minimum Gasteiger partial charge on any atom is -0.318 e. The quantitative estimate of drug-likeness (QED) is 0.603. The van der Waals surface area contributed by atoms with Crippen LogP contribution in [0.25, 0.3) is 0 Å². The fourth-order valence-electron chi connectivity index (χ4n) is 1.81. The van der Waals surface area contributed by atoms with Crippen LogP contribution < -0.4 is 11.1 Å². The molecular weight excluding hydrogens is 150 g/mol. The number of piperidine rings is 1. The van der Waals surface area contributed by atoms with Crippen molar-refractivity contribution in [1.29, 1.82) is 0 Å². The molecule has 1 fully saturated rings. The molecule has 12 heavy (non-hydrogen) atoms. The van der Waals surface area contributed by atoms with Gasteiger partial charge in [-0.1, -0.05) is 0 Å². The van der Waals surface area contributed by atoms with E-state index in [-0.39, 0.29) is 0 Å². The standard InChI is InChI=1S/C9H21N3/c1-8(2)12-5-3-4-9(6-12)11-7-10/h8-9,11H,3-7,10H2,1-2H3. The number of nitrogens with zero attached hydrogens (tertiary/aromatic N) is 1. The van der Waals surface area contributed by atoms with Crippen molar-refractivity contribution >= 4 is 0 Å². The second-order valence-electron chi connectivity index (χ2n) is 3.84. The van der Waals surface area contributed by atoms with Crippen molar-refractivity contribution in [3.63, 3.8) is 0 Å². The monoisotopic (exact) mass is 171 g/mol. The van der Waals surface area contributed by atoms with E-state index in [1.807, 2.05) is 0 Å². The van der Waals surface area contributed by atoms with E-state index in [0.29, 0.717) is 18.8 Å². The van der Waals surface area contributed by atoms with E-state index in [4.69, 9.17) is 5.73 Å². The van der Waals surface area contributed by atoms with Gasteiger partial charge in [-0.2, -0.15) is 0 Å². The van der Waals surface area contributed by atoms with Crippen molar-refractivity contribution in [2.24, 2.45) is 5.73 Å². The molecule has 1 saturated heterocycles. The summed E-state index contributed by atoms with van der Waals surface area (Å²) in [6.45, 7) is 7.53. The molecule has 3 heteroatoms. The molecule has 3 nitrogen and oxygen atoms in total. The van der Waals surface area contributed by atoms with E-state index < -0.39 is 0 Å². The van der Waals surface area contributed by atoms with E-state index in [1.54, 1.807) is 0 Å². The summed E-state index contributed by atoms with van der Waals surface area (Å²) >= 11 is 0. The fraction of sp³-hybridized carbons (Fsp3) is 1.00. The largest absolute Gasteiger partial charge is 0.318 e. The molecule has 0 bridgehead atoms. The maximum atomic E-state index is 5.45. The first kappa shape index (κ1) is 9.96. The topological polar surface area (TPSA) is 41.3 Å². The average molecular weight is 171 g/mol. The molecule has 1 aliphatic rings. The normalized spacial score (nSPS) is 26.5. The molecule has 1 heterocycles. The molecule has 1 rings (SSSR count). The first-order valence-corrected chi connectivity index (χ1v) is 4.91. The van der Waals surface area contributed by atoms with Crippen LogP contribution >= 0.6 is 0 Å². The van der Waals surface area contributed by atoms with E-state index in [2.05, 4.69) is 24.1 Å². The molecule has 1 aliphatic heterocycles. The highest BCUT2D eigenvalue weighted by Crippen LogP contribution is 2.12. The Labute approximate surface area is 75.3 Å². The summed E-state index contributed by atoms with van der Waals surface area (Å²) in [5, 5.41) is 3.31. The number of hydrogen-bond donors (Lipinski definition) is 2. The first-order chi connectivity index (χ1) is 5.74. The van der Waals surface area contributed by atoms with Crippen molar-refractivity contribution in [2.45, 2.75) is 38.8 Å². The highest BCUT2D eigenvalue weighted by Gasteiger charge is 2.20. The van der Waals surface area contributed by atoms with Gasteiger partial charge in [0.15, 0.2) is 0 Å². The zero-order chi connectivity index (χ0) is 8.97. The summed E-state index contributed by atoms with van der Waals surface area (Å²) in [5.74, 6) is 0. The number of likely N-dealkylation sites (tertiary alicyclic amines) is 1. The van der Waals surface area contributed by atoms with Gasteiger partial charge in [-0.3, -0.25) is 4.90 Å². The van der Waals surface area contributed by atoms with Crippen LogP contribution in [0.15, 0.2) is 0 Å². The highest BCUT2D eigenvalue weighted by molar-refractivity contribution is 4.79. The highest BCUT2D eigenvalue weighted by atomic mass is 15.2. The third kappa shape index (κ3) is 2.73. The van der Waals surface area contributed by atoms with Crippen LogP contribution in [0.3, 0.4) is 0 Å². The molecule has 0 aromatic heterocycles. The second-order valence-corrected chi connectivity index (χ2v) is 3.84. The van der Waals surface area contributed by atoms with Crippen molar-refractivity contribution in [1.82, 2.24) is 10.2 Å². The first-order valence-electron chi connectivity index (χ1n) is 4.91. The lowest BCUT2D eigenvalue weighted by molar-refractivity contribution is 0.155. The number of hydrogen-bond acceptors (Lipinski definition) is 3. The Morgan fingerprint density at radius 2 is 2.33 bits per heavy atom. The SMILES string of the molecule is CC(C)N1CCCC(NCN)C1. The minimum atomic E-state index is 0.608. The molecule has 0 radical (unpaired) electrons. The van der Waals surface area contributed by atoms with E-state index in [1.165, 1.54) is 19.4 Å². The lowest BCUT2D eigenvalue weighted by atomic mass is 10.0. The summed E-state index contributed by atoms with van der Waals surface area (Å²) in [6, 6.07) is 1.29. The molecule has 0 aromatic carbocycles. The van der Waals surface area contributed by atoms with Crippen LogP contribution in [0.4, 0.5) is 0 Å². The molecule has 72 valence electrons. The fourth-order valence-corrected chi connectivity index (χ4v) is 1.81. The van der Waals surface area contributed by atoms with Gasteiger partial charge in [-0.15, -0.1) is 0 Å². The molecular formula is C9H21N3. The van der Waals surface area contributed by atoms with Crippen molar-refractivity contribution in [2.75, 3.05) is 19.8 Å². The maximum Gasteiger partial charge on any atom is 0.0431 e. The third-order valence-corrected chi connectivity index (χ3v) is 2.59. The predicted molar refractivity (Wildman–Crippen MR) is 51.9 cm³/mol. The Morgan fingerprint density at radius 1 is 1.58 bits per heavy atom. The maximum absolute atomic E-state index is 5.45. The van der Waals surface area contributed by atoms with Crippen molar-refractivity contribution in [3.05, 3.63) is 0 Å². The zero-order valence-corrected chi connectivity index (χ0v) is 8.21. The molecule has 1 atom stereocenters. The Balaban J connectivity index is 2.30. The summed E-state index contributed by atoms with van der Waals surface area (Å²) < 4.78 is 0. The van der Waals surface area contributed by atoms with Crippen LogP contribution in [0.1, 0.15) is 26.7 Å². The summed E-state index contributed by atoms with van der Waals surface area (Å²) in [4.78, 5) is 2.51. The van der Waals surface area contributed by atoms with Gasteiger partial charge in [0.2, 0.25) is 0 Å². The summed E-state index contributed by atoms with van der Waals surface area (Å²) in [6.07, 6.45) is 2.58. The molecule has 0 amide bonds. The molecule has 3 N–H and O–H groups in total. The molecule has 0 saturated carbocycles. The lowest BCUT2D eigenvalue weighted by Gasteiger charge is -2.35. The Morgan fingerprint density at radius 3 is 2.92 bits per heavy atom. The van der Waals surface area contributed by atoms with Crippen LogP contribution in [0.2, 0.25) is 0 Å². The van der Waals surface area contributed by atoms with Gasteiger partial charge in [0.25, 0.3) is 0 Å². The predicted octanol–water partition coefficient (Wildman–Crippen LogP) is 0.365. The van der Waals surface area contributed by atoms with Gasteiger partial charge in [-0.25, -0.2) is 0 Å². The molecule has 0 spiro atoms.